The van der Waals surface area contributed by atoms with E-state index in [9.17, 15) is 14.3 Å². The number of nitrogens with two attached hydrogens (primary N) is 1. The molecule has 1 saturated heterocycles. The van der Waals surface area contributed by atoms with E-state index in [4.69, 9.17) is 10.3 Å². The van der Waals surface area contributed by atoms with E-state index in [1.807, 2.05) is 6.07 Å². The van der Waals surface area contributed by atoms with Gasteiger partial charge >= 0.3 is 0 Å². The number of hydrogen-bond acceptors (Lipinski definition) is 6. The van der Waals surface area contributed by atoms with E-state index in [-0.39, 0.29) is 17.6 Å². The van der Waals surface area contributed by atoms with Crippen LogP contribution in [0, 0.1) is 30.5 Å². The summed E-state index contributed by atoms with van der Waals surface area (Å²) >= 11 is 0. The Morgan fingerprint density at radius 3 is 2.56 bits per heavy atom. The van der Waals surface area contributed by atoms with Crippen LogP contribution in [0.1, 0.15) is 44.6 Å². The fourth-order valence-corrected chi connectivity index (χ4v) is 5.53. The predicted octanol–water partition coefficient (Wildman–Crippen LogP) is 3.08. The van der Waals surface area contributed by atoms with Gasteiger partial charge in [-0.15, -0.1) is 0 Å². The number of amides is 1. The van der Waals surface area contributed by atoms with Crippen LogP contribution in [0.4, 0.5) is 10.2 Å². The van der Waals surface area contributed by atoms with Crippen LogP contribution < -0.4 is 10.6 Å². The van der Waals surface area contributed by atoms with Crippen molar-refractivity contribution in [2.24, 2.45) is 23.5 Å². The molecule has 2 heterocycles. The van der Waals surface area contributed by atoms with Gasteiger partial charge in [-0.3, -0.25) is 9.69 Å². The molecule has 2 aromatic rings. The molecule has 3 N–H and O–H groups in total. The number of benzene rings is 1. The normalized spacial score (nSPS) is 24.6. The quantitative estimate of drug-likeness (QED) is 0.679. The Balaban J connectivity index is 1.23. The van der Waals surface area contributed by atoms with E-state index >= 15 is 0 Å². The number of anilines is 1. The number of aliphatic hydroxyl groups is 1. The summed E-state index contributed by atoms with van der Waals surface area (Å²) in [5.41, 5.74) is 6.61. The molecule has 1 saturated carbocycles. The summed E-state index contributed by atoms with van der Waals surface area (Å²) in [6, 6.07) is 3.23. The minimum atomic E-state index is -0.671. The molecule has 8 heteroatoms. The molecule has 176 valence electrons. The topological polar surface area (TPSA) is 95.8 Å². The lowest BCUT2D eigenvalue weighted by molar-refractivity contribution is -0.128. The first kappa shape index (κ1) is 23.0. The van der Waals surface area contributed by atoms with Gasteiger partial charge in [-0.25, -0.2) is 4.39 Å². The molecule has 2 aliphatic rings. The number of primary amides is 1. The van der Waals surface area contributed by atoms with Crippen LogP contribution in [0.5, 0.6) is 0 Å². The SMILES string of the molecule is Cc1cc2c(N3CCN(CCC4CCC(C(C(N)=O)C(C)O)CC4)CC3)noc2cc1F. The lowest BCUT2D eigenvalue weighted by Crippen LogP contribution is -2.47. The van der Waals surface area contributed by atoms with Gasteiger partial charge in [0.25, 0.3) is 0 Å². The van der Waals surface area contributed by atoms with Crippen molar-refractivity contribution >= 4 is 22.7 Å². The zero-order valence-corrected chi connectivity index (χ0v) is 19.1. The van der Waals surface area contributed by atoms with E-state index in [2.05, 4.69) is 15.0 Å². The summed E-state index contributed by atoms with van der Waals surface area (Å²) in [5.74, 6) is 0.627. The third-order valence-electron chi connectivity index (χ3n) is 7.51. The van der Waals surface area contributed by atoms with Crippen molar-refractivity contribution in [1.29, 1.82) is 0 Å². The zero-order valence-electron chi connectivity index (χ0n) is 19.1. The molecule has 1 aliphatic heterocycles. The Kier molecular flexibility index (Phi) is 7.00. The fourth-order valence-electron chi connectivity index (χ4n) is 5.53. The number of hydrogen-bond donors (Lipinski definition) is 2. The first-order chi connectivity index (χ1) is 15.3. The molecule has 2 atom stereocenters. The Morgan fingerprint density at radius 1 is 1.25 bits per heavy atom. The smallest absolute Gasteiger partial charge is 0.223 e. The largest absolute Gasteiger partial charge is 0.393 e. The third-order valence-corrected chi connectivity index (χ3v) is 7.51. The van der Waals surface area contributed by atoms with Crippen molar-refractivity contribution in [2.45, 2.75) is 52.1 Å². The maximum absolute atomic E-state index is 13.8. The van der Waals surface area contributed by atoms with Crippen LogP contribution in [0.2, 0.25) is 0 Å². The summed E-state index contributed by atoms with van der Waals surface area (Å²) in [6.45, 7) is 8.19. The van der Waals surface area contributed by atoms with E-state index in [0.717, 1.165) is 76.0 Å². The molecular formula is C24H35FN4O3. The lowest BCUT2D eigenvalue weighted by atomic mass is 9.73. The monoisotopic (exact) mass is 446 g/mol. The van der Waals surface area contributed by atoms with Crippen molar-refractivity contribution in [3.63, 3.8) is 0 Å². The molecule has 4 rings (SSSR count). The van der Waals surface area contributed by atoms with Crippen LogP contribution in [-0.2, 0) is 4.79 Å². The highest BCUT2D eigenvalue weighted by molar-refractivity contribution is 5.89. The molecule has 2 unspecified atom stereocenters. The number of fused-ring (bicyclic) bond motifs is 1. The maximum Gasteiger partial charge on any atom is 0.223 e. The molecule has 0 radical (unpaired) electrons. The second kappa shape index (κ2) is 9.75. The molecule has 7 nitrogen and oxygen atoms in total. The summed E-state index contributed by atoms with van der Waals surface area (Å²) in [5, 5.41) is 15.0. The van der Waals surface area contributed by atoms with Crippen LogP contribution >= 0.6 is 0 Å². The summed E-state index contributed by atoms with van der Waals surface area (Å²) in [6.07, 6.45) is 4.62. The lowest BCUT2D eigenvalue weighted by Gasteiger charge is -2.37. The van der Waals surface area contributed by atoms with Gasteiger partial charge in [0.05, 0.1) is 17.4 Å². The highest BCUT2D eigenvalue weighted by Crippen LogP contribution is 2.36. The van der Waals surface area contributed by atoms with Crippen molar-refractivity contribution in [1.82, 2.24) is 10.1 Å². The van der Waals surface area contributed by atoms with Crippen molar-refractivity contribution < 1.29 is 18.8 Å². The zero-order chi connectivity index (χ0) is 22.8. The third kappa shape index (κ3) is 4.91. The summed E-state index contributed by atoms with van der Waals surface area (Å²) in [4.78, 5) is 16.4. The molecule has 1 amide bonds. The predicted molar refractivity (Wildman–Crippen MR) is 122 cm³/mol. The number of piperazine rings is 1. The van der Waals surface area contributed by atoms with Crippen molar-refractivity contribution in [2.75, 3.05) is 37.6 Å². The Labute approximate surface area is 188 Å². The molecule has 1 aliphatic carbocycles. The van der Waals surface area contributed by atoms with E-state index in [0.29, 0.717) is 17.1 Å². The molecule has 0 spiro atoms. The van der Waals surface area contributed by atoms with E-state index < -0.39 is 12.0 Å². The van der Waals surface area contributed by atoms with Gasteiger partial charge < -0.3 is 20.3 Å². The van der Waals surface area contributed by atoms with Gasteiger partial charge in [0.15, 0.2) is 11.4 Å². The van der Waals surface area contributed by atoms with Gasteiger partial charge in [-0.05, 0) is 63.1 Å². The number of carbonyl (C=O) groups excluding carboxylic acids is 1. The van der Waals surface area contributed by atoms with Crippen molar-refractivity contribution in [3.8, 4) is 0 Å². The van der Waals surface area contributed by atoms with Gasteiger partial charge in [0.2, 0.25) is 5.91 Å². The number of aliphatic hydroxyl groups excluding tert-OH is 1. The van der Waals surface area contributed by atoms with Gasteiger partial charge in [-0.1, -0.05) is 18.0 Å². The van der Waals surface area contributed by atoms with E-state index in [1.54, 1.807) is 13.8 Å². The molecule has 1 aromatic carbocycles. The standard InChI is InChI=1S/C24H35FN4O3/c1-15-13-19-21(14-20(15)25)32-27-24(19)29-11-9-28(10-12-29)8-7-17-3-5-18(6-4-17)22(16(2)30)23(26)31/h13-14,16-18,22,30H,3-12H2,1-2H3,(H2,26,31). The average Bonchev–Trinajstić information content (AvgIpc) is 3.16. The van der Waals surface area contributed by atoms with Gasteiger partial charge in [-0.2, -0.15) is 0 Å². The van der Waals surface area contributed by atoms with Gasteiger partial charge in [0.1, 0.15) is 5.82 Å². The Morgan fingerprint density at radius 2 is 1.94 bits per heavy atom. The van der Waals surface area contributed by atoms with E-state index in [1.165, 1.54) is 6.07 Å². The van der Waals surface area contributed by atoms with Crippen LogP contribution in [0.25, 0.3) is 11.0 Å². The highest BCUT2D eigenvalue weighted by Gasteiger charge is 2.34. The molecule has 1 aromatic heterocycles. The second-order valence-electron chi connectivity index (χ2n) is 9.67. The van der Waals surface area contributed by atoms with Crippen LogP contribution in [0.3, 0.4) is 0 Å². The molecule has 32 heavy (non-hydrogen) atoms. The highest BCUT2D eigenvalue weighted by atomic mass is 19.1. The minimum Gasteiger partial charge on any atom is -0.393 e. The number of rotatable bonds is 7. The number of halogens is 1. The summed E-state index contributed by atoms with van der Waals surface area (Å²) in [7, 11) is 0. The maximum atomic E-state index is 13.8. The first-order valence-electron chi connectivity index (χ1n) is 11.8. The molecular weight excluding hydrogens is 411 g/mol. The number of nitrogens with zero attached hydrogens (tertiary/aromatic N) is 3. The number of carbonyl (C=O) groups is 1. The Bertz CT molecular complexity index is 931. The van der Waals surface area contributed by atoms with Crippen molar-refractivity contribution in [3.05, 3.63) is 23.5 Å². The first-order valence-corrected chi connectivity index (χ1v) is 11.8. The van der Waals surface area contributed by atoms with Crippen LogP contribution in [-0.4, -0.2) is 59.9 Å². The molecule has 0 bridgehead atoms. The number of aryl methyl sites for hydroxylation is 1. The average molecular weight is 447 g/mol. The second-order valence-corrected chi connectivity index (χ2v) is 9.67. The van der Waals surface area contributed by atoms with Crippen LogP contribution in [0.15, 0.2) is 16.7 Å². The Hall–Kier alpha value is -2.19. The minimum absolute atomic E-state index is 0.210. The fraction of sp³-hybridized carbons (Fsp3) is 0.667. The summed E-state index contributed by atoms with van der Waals surface area (Å²) < 4.78 is 19.1. The van der Waals surface area contributed by atoms with Gasteiger partial charge in [0, 0.05) is 32.2 Å². The number of aromatic nitrogens is 1. The molecule has 2 fully saturated rings.